The molecule has 4 heteroatoms. The lowest BCUT2D eigenvalue weighted by molar-refractivity contribution is 0.0937. The van der Waals surface area contributed by atoms with Crippen LogP contribution in [0.3, 0.4) is 0 Å². The van der Waals surface area contributed by atoms with Crippen molar-refractivity contribution in [2.75, 3.05) is 0 Å². The Bertz CT molecular complexity index is 642. The fraction of sp³-hybridized carbons (Fsp3) is 0.412. The molecule has 0 radical (unpaired) electrons. The van der Waals surface area contributed by atoms with E-state index in [2.05, 4.69) is 24.1 Å². The van der Waals surface area contributed by atoms with Crippen LogP contribution in [0.4, 0.5) is 0 Å². The predicted octanol–water partition coefficient (Wildman–Crippen LogP) is 4.44. The summed E-state index contributed by atoms with van der Waals surface area (Å²) in [5, 5.41) is 4.23. The number of hydrogen-bond donors (Lipinski definition) is 1. The van der Waals surface area contributed by atoms with E-state index in [0.717, 1.165) is 23.7 Å². The minimum absolute atomic E-state index is 0.0914. The molecule has 0 aliphatic rings. The van der Waals surface area contributed by atoms with Crippen LogP contribution in [-0.2, 0) is 0 Å². The van der Waals surface area contributed by atoms with Gasteiger partial charge in [0.25, 0.3) is 5.91 Å². The van der Waals surface area contributed by atoms with E-state index in [1.807, 2.05) is 31.2 Å². The molecule has 0 fully saturated rings. The number of carbonyl (C=O) groups excluding carboxylic acids is 1. The van der Waals surface area contributed by atoms with Gasteiger partial charge in [0.15, 0.2) is 0 Å². The van der Waals surface area contributed by atoms with Gasteiger partial charge in [-0.1, -0.05) is 50.1 Å². The van der Waals surface area contributed by atoms with Crippen LogP contribution in [0.15, 0.2) is 30.3 Å². The Morgan fingerprint density at radius 1 is 1.33 bits per heavy atom. The molecule has 1 N–H and O–H groups in total. The number of carbonyl (C=O) groups is 1. The van der Waals surface area contributed by atoms with Gasteiger partial charge in [-0.15, -0.1) is 0 Å². The minimum Gasteiger partial charge on any atom is -0.350 e. The van der Waals surface area contributed by atoms with Crippen molar-refractivity contribution in [2.45, 2.75) is 39.7 Å². The van der Waals surface area contributed by atoms with Gasteiger partial charge in [0.2, 0.25) is 0 Å². The molecule has 21 heavy (non-hydrogen) atoms. The Hall–Kier alpha value is -1.61. The Morgan fingerprint density at radius 3 is 2.76 bits per heavy atom. The van der Waals surface area contributed by atoms with Crippen molar-refractivity contribution in [3.05, 3.63) is 41.0 Å². The van der Waals surface area contributed by atoms with Crippen molar-refractivity contribution in [1.82, 2.24) is 10.3 Å². The highest BCUT2D eigenvalue weighted by molar-refractivity contribution is 6.30. The smallest absolute Gasteiger partial charge is 0.252 e. The van der Waals surface area contributed by atoms with E-state index in [9.17, 15) is 4.79 Å². The summed E-state index contributed by atoms with van der Waals surface area (Å²) < 4.78 is 0. The highest BCUT2D eigenvalue weighted by atomic mass is 35.5. The van der Waals surface area contributed by atoms with E-state index in [4.69, 9.17) is 11.6 Å². The Balaban J connectivity index is 2.23. The third-order valence-electron chi connectivity index (χ3n) is 3.76. The molecule has 0 aliphatic carbocycles. The van der Waals surface area contributed by atoms with Crippen molar-refractivity contribution < 1.29 is 4.79 Å². The number of fused-ring (bicyclic) bond motifs is 1. The number of rotatable bonds is 5. The molecule has 2 rings (SSSR count). The van der Waals surface area contributed by atoms with Gasteiger partial charge in [-0.2, -0.15) is 0 Å². The number of amides is 1. The first-order valence-electron chi connectivity index (χ1n) is 7.37. The van der Waals surface area contributed by atoms with Gasteiger partial charge in [-0.05, 0) is 31.4 Å². The van der Waals surface area contributed by atoms with Crippen molar-refractivity contribution in [3.63, 3.8) is 0 Å². The van der Waals surface area contributed by atoms with Crippen molar-refractivity contribution >= 4 is 28.4 Å². The van der Waals surface area contributed by atoms with Crippen LogP contribution in [0, 0.1) is 5.92 Å². The molecule has 3 nitrogen and oxygen atoms in total. The van der Waals surface area contributed by atoms with Crippen LogP contribution >= 0.6 is 11.6 Å². The zero-order chi connectivity index (χ0) is 15.4. The van der Waals surface area contributed by atoms with Crippen LogP contribution in [-0.4, -0.2) is 16.9 Å². The highest BCUT2D eigenvalue weighted by Crippen LogP contribution is 2.21. The summed E-state index contributed by atoms with van der Waals surface area (Å²) in [6.07, 6.45) is 2.09. The van der Waals surface area contributed by atoms with E-state index in [1.165, 1.54) is 0 Å². The summed E-state index contributed by atoms with van der Waals surface area (Å²) in [5.74, 6) is 0.504. The SMILES string of the molecule is CCC(C)CC(C)NC(=O)c1cc(Cl)nc2ccccc12. The molecule has 112 valence electrons. The number of halogens is 1. The van der Waals surface area contributed by atoms with E-state index in [0.29, 0.717) is 16.6 Å². The molecule has 1 heterocycles. The maximum absolute atomic E-state index is 12.5. The number of pyridine rings is 1. The molecule has 0 saturated carbocycles. The quantitative estimate of drug-likeness (QED) is 0.830. The summed E-state index contributed by atoms with van der Waals surface area (Å²) in [5.41, 5.74) is 1.33. The maximum atomic E-state index is 12.5. The van der Waals surface area contributed by atoms with Crippen LogP contribution in [0.1, 0.15) is 44.0 Å². The first-order valence-corrected chi connectivity index (χ1v) is 7.75. The minimum atomic E-state index is -0.0914. The Labute approximate surface area is 130 Å². The van der Waals surface area contributed by atoms with Gasteiger partial charge in [0.05, 0.1) is 11.1 Å². The van der Waals surface area contributed by atoms with Gasteiger partial charge in [0, 0.05) is 11.4 Å². The highest BCUT2D eigenvalue weighted by Gasteiger charge is 2.15. The zero-order valence-electron chi connectivity index (χ0n) is 12.7. The second-order valence-electron chi connectivity index (χ2n) is 5.63. The fourth-order valence-corrected chi connectivity index (χ4v) is 2.66. The molecule has 2 unspecified atom stereocenters. The van der Waals surface area contributed by atoms with Gasteiger partial charge in [0.1, 0.15) is 5.15 Å². The molecule has 0 aliphatic heterocycles. The van der Waals surface area contributed by atoms with E-state index in [-0.39, 0.29) is 11.9 Å². The van der Waals surface area contributed by atoms with Crippen LogP contribution < -0.4 is 5.32 Å². The average Bonchev–Trinajstić information content (AvgIpc) is 2.45. The summed E-state index contributed by atoms with van der Waals surface area (Å²) in [7, 11) is 0. The van der Waals surface area contributed by atoms with Gasteiger partial charge < -0.3 is 5.32 Å². The second kappa shape index (κ2) is 6.90. The lowest BCUT2D eigenvalue weighted by Gasteiger charge is -2.18. The predicted molar refractivity (Wildman–Crippen MR) is 87.8 cm³/mol. The van der Waals surface area contributed by atoms with Crippen LogP contribution in [0.2, 0.25) is 5.15 Å². The lowest BCUT2D eigenvalue weighted by Crippen LogP contribution is -2.33. The number of benzene rings is 1. The molecule has 1 amide bonds. The second-order valence-corrected chi connectivity index (χ2v) is 6.02. The van der Waals surface area contributed by atoms with Gasteiger partial charge >= 0.3 is 0 Å². The molecule has 1 aromatic heterocycles. The molecule has 0 saturated heterocycles. The first-order chi connectivity index (χ1) is 10.0. The van der Waals surface area contributed by atoms with E-state index in [1.54, 1.807) is 6.07 Å². The van der Waals surface area contributed by atoms with Crippen molar-refractivity contribution in [2.24, 2.45) is 5.92 Å². The fourth-order valence-electron chi connectivity index (χ4n) is 2.46. The average molecular weight is 305 g/mol. The summed E-state index contributed by atoms with van der Waals surface area (Å²) >= 11 is 6.02. The third-order valence-corrected chi connectivity index (χ3v) is 3.95. The van der Waals surface area contributed by atoms with Crippen molar-refractivity contribution in [1.29, 1.82) is 0 Å². The van der Waals surface area contributed by atoms with E-state index >= 15 is 0 Å². The number of nitrogens with zero attached hydrogens (tertiary/aromatic N) is 1. The Kier molecular flexibility index (Phi) is 5.18. The largest absolute Gasteiger partial charge is 0.350 e. The zero-order valence-corrected chi connectivity index (χ0v) is 13.4. The number of hydrogen-bond acceptors (Lipinski definition) is 2. The first kappa shape index (κ1) is 15.8. The number of para-hydroxylation sites is 1. The Morgan fingerprint density at radius 2 is 2.05 bits per heavy atom. The summed E-state index contributed by atoms with van der Waals surface area (Å²) in [6.45, 7) is 6.39. The molecule has 2 aromatic rings. The standard InChI is InChI=1S/C17H21ClN2O/c1-4-11(2)9-12(3)19-17(21)14-10-16(18)20-15-8-6-5-7-13(14)15/h5-8,10-12H,4,9H2,1-3H3,(H,19,21). The van der Waals surface area contributed by atoms with Gasteiger partial charge in [-0.25, -0.2) is 4.98 Å². The van der Waals surface area contributed by atoms with E-state index < -0.39 is 0 Å². The maximum Gasteiger partial charge on any atom is 0.252 e. The normalized spacial score (nSPS) is 13.9. The van der Waals surface area contributed by atoms with Gasteiger partial charge in [-0.3, -0.25) is 4.79 Å². The third kappa shape index (κ3) is 3.94. The molecule has 0 bridgehead atoms. The lowest BCUT2D eigenvalue weighted by atomic mass is 10.00. The number of nitrogens with one attached hydrogen (secondary N) is 1. The molecule has 1 aromatic carbocycles. The topological polar surface area (TPSA) is 42.0 Å². The molecule has 2 atom stereocenters. The summed E-state index contributed by atoms with van der Waals surface area (Å²) in [4.78, 5) is 16.7. The van der Waals surface area contributed by atoms with Crippen LogP contribution in [0.5, 0.6) is 0 Å². The summed E-state index contributed by atoms with van der Waals surface area (Å²) in [6, 6.07) is 9.32. The monoisotopic (exact) mass is 304 g/mol. The molecule has 0 spiro atoms. The molecular formula is C17H21ClN2O. The number of aromatic nitrogens is 1. The van der Waals surface area contributed by atoms with Crippen molar-refractivity contribution in [3.8, 4) is 0 Å². The molecular weight excluding hydrogens is 284 g/mol. The van der Waals surface area contributed by atoms with Crippen LogP contribution in [0.25, 0.3) is 10.9 Å².